The summed E-state index contributed by atoms with van der Waals surface area (Å²) in [5, 5.41) is 19.6. The molecule has 1 unspecified atom stereocenters. The third-order valence-electron chi connectivity index (χ3n) is 2.94. The normalized spacial score (nSPS) is 11.7. The van der Waals surface area contributed by atoms with Crippen LogP contribution in [0.1, 0.15) is 23.2 Å². The SMILES string of the molecule is Cn1cc(C(=O)NC(CCC(=O)O)C(=O)O)c(=O)n(C)c1=O. The van der Waals surface area contributed by atoms with Crippen LogP contribution in [0.4, 0.5) is 0 Å². The predicted molar refractivity (Wildman–Crippen MR) is 72.7 cm³/mol. The van der Waals surface area contributed by atoms with E-state index in [-0.39, 0.29) is 6.42 Å². The lowest BCUT2D eigenvalue weighted by Crippen LogP contribution is -2.46. The number of nitrogens with one attached hydrogen (secondary N) is 1. The van der Waals surface area contributed by atoms with Gasteiger partial charge in [-0.2, -0.15) is 0 Å². The molecule has 22 heavy (non-hydrogen) atoms. The molecule has 1 heterocycles. The van der Waals surface area contributed by atoms with Gasteiger partial charge in [-0.1, -0.05) is 0 Å². The van der Waals surface area contributed by atoms with Crippen molar-refractivity contribution in [3.8, 4) is 0 Å². The fourth-order valence-corrected chi connectivity index (χ4v) is 1.73. The van der Waals surface area contributed by atoms with E-state index >= 15 is 0 Å². The topological polar surface area (TPSA) is 148 Å². The van der Waals surface area contributed by atoms with Gasteiger partial charge < -0.3 is 20.1 Å². The van der Waals surface area contributed by atoms with Gasteiger partial charge in [0.15, 0.2) is 0 Å². The summed E-state index contributed by atoms with van der Waals surface area (Å²) in [5.41, 5.74) is -1.92. The highest BCUT2D eigenvalue weighted by Crippen LogP contribution is 2.00. The molecule has 1 rings (SSSR count). The van der Waals surface area contributed by atoms with Crippen LogP contribution in [0.3, 0.4) is 0 Å². The van der Waals surface area contributed by atoms with Crippen LogP contribution in [0.2, 0.25) is 0 Å². The zero-order chi connectivity index (χ0) is 17.0. The van der Waals surface area contributed by atoms with E-state index in [0.29, 0.717) is 4.57 Å². The van der Waals surface area contributed by atoms with Crippen molar-refractivity contribution >= 4 is 17.8 Å². The Morgan fingerprint density at radius 2 is 1.82 bits per heavy atom. The number of hydrogen-bond acceptors (Lipinski definition) is 5. The Morgan fingerprint density at radius 1 is 1.23 bits per heavy atom. The van der Waals surface area contributed by atoms with Crippen molar-refractivity contribution in [3.05, 3.63) is 32.6 Å². The highest BCUT2D eigenvalue weighted by Gasteiger charge is 2.23. The molecule has 1 amide bonds. The van der Waals surface area contributed by atoms with Crippen molar-refractivity contribution in [2.24, 2.45) is 14.1 Å². The van der Waals surface area contributed by atoms with Crippen molar-refractivity contribution in [2.45, 2.75) is 18.9 Å². The summed E-state index contributed by atoms with van der Waals surface area (Å²) in [6, 6.07) is -1.45. The maximum atomic E-state index is 12.0. The van der Waals surface area contributed by atoms with Gasteiger partial charge in [0.25, 0.3) is 11.5 Å². The second kappa shape index (κ2) is 6.70. The first-order valence-electron chi connectivity index (χ1n) is 6.17. The Morgan fingerprint density at radius 3 is 2.32 bits per heavy atom. The Hall–Kier alpha value is -2.91. The number of carbonyl (C=O) groups is 3. The Balaban J connectivity index is 3.06. The van der Waals surface area contributed by atoms with Gasteiger partial charge in [-0.15, -0.1) is 0 Å². The van der Waals surface area contributed by atoms with Gasteiger partial charge in [0.1, 0.15) is 11.6 Å². The van der Waals surface area contributed by atoms with Crippen molar-refractivity contribution in [1.82, 2.24) is 14.5 Å². The molecule has 10 heteroatoms. The lowest BCUT2D eigenvalue weighted by Gasteiger charge is -2.14. The van der Waals surface area contributed by atoms with E-state index < -0.39 is 47.1 Å². The number of aromatic nitrogens is 2. The lowest BCUT2D eigenvalue weighted by molar-refractivity contribution is -0.140. The van der Waals surface area contributed by atoms with Gasteiger partial charge in [0.2, 0.25) is 0 Å². The number of aryl methyl sites for hydroxylation is 1. The molecule has 0 saturated heterocycles. The number of amides is 1. The highest BCUT2D eigenvalue weighted by molar-refractivity contribution is 5.96. The molecular weight excluding hydrogens is 298 g/mol. The van der Waals surface area contributed by atoms with Crippen LogP contribution >= 0.6 is 0 Å². The summed E-state index contributed by atoms with van der Waals surface area (Å²) < 4.78 is 1.71. The standard InChI is InChI=1S/C12H15N3O7/c1-14-5-6(10(19)15(2)12(14)22)9(18)13-7(11(20)21)3-4-8(16)17/h5,7H,3-4H2,1-2H3,(H,13,18)(H,16,17)(H,20,21). The summed E-state index contributed by atoms with van der Waals surface area (Å²) >= 11 is 0. The molecule has 0 radical (unpaired) electrons. The molecule has 0 aliphatic heterocycles. The summed E-state index contributed by atoms with van der Waals surface area (Å²) in [5.74, 6) is -3.62. The third-order valence-corrected chi connectivity index (χ3v) is 2.94. The van der Waals surface area contributed by atoms with Gasteiger partial charge >= 0.3 is 17.6 Å². The van der Waals surface area contributed by atoms with E-state index in [0.717, 1.165) is 10.8 Å². The molecule has 1 aromatic rings. The van der Waals surface area contributed by atoms with E-state index in [2.05, 4.69) is 5.32 Å². The quantitative estimate of drug-likeness (QED) is 0.557. The number of nitrogens with zero attached hydrogens (tertiary/aromatic N) is 2. The monoisotopic (exact) mass is 313 g/mol. The van der Waals surface area contributed by atoms with Crippen molar-refractivity contribution in [2.75, 3.05) is 0 Å². The first-order chi connectivity index (χ1) is 10.1. The molecule has 0 fully saturated rings. The van der Waals surface area contributed by atoms with Crippen LogP contribution in [-0.2, 0) is 23.7 Å². The molecule has 1 atom stereocenters. The van der Waals surface area contributed by atoms with Crippen molar-refractivity contribution in [3.63, 3.8) is 0 Å². The summed E-state index contributed by atoms with van der Waals surface area (Å²) in [7, 11) is 2.51. The van der Waals surface area contributed by atoms with E-state index in [1.165, 1.54) is 14.1 Å². The smallest absolute Gasteiger partial charge is 0.330 e. The van der Waals surface area contributed by atoms with E-state index in [1.54, 1.807) is 0 Å². The number of aliphatic carboxylic acids is 2. The van der Waals surface area contributed by atoms with E-state index in [9.17, 15) is 24.0 Å². The first kappa shape index (κ1) is 17.1. The molecule has 0 aliphatic rings. The number of carbonyl (C=O) groups excluding carboxylic acids is 1. The second-order valence-corrected chi connectivity index (χ2v) is 4.60. The molecule has 3 N–H and O–H groups in total. The maximum Gasteiger partial charge on any atom is 0.330 e. The summed E-state index contributed by atoms with van der Waals surface area (Å²) in [6.45, 7) is 0. The minimum absolute atomic E-state index is 0.331. The second-order valence-electron chi connectivity index (χ2n) is 4.60. The fourth-order valence-electron chi connectivity index (χ4n) is 1.73. The van der Waals surface area contributed by atoms with Crippen molar-refractivity contribution < 1.29 is 24.6 Å². The number of rotatable bonds is 6. The molecule has 10 nitrogen and oxygen atoms in total. The highest BCUT2D eigenvalue weighted by atomic mass is 16.4. The van der Waals surface area contributed by atoms with Crippen LogP contribution in [0.5, 0.6) is 0 Å². The Labute approximate surface area is 123 Å². The Bertz CT molecular complexity index is 731. The van der Waals surface area contributed by atoms with E-state index in [4.69, 9.17) is 10.2 Å². The zero-order valence-corrected chi connectivity index (χ0v) is 11.9. The van der Waals surface area contributed by atoms with Crippen LogP contribution in [0, 0.1) is 0 Å². The summed E-state index contributed by atoms with van der Waals surface area (Å²) in [6.07, 6.45) is 0.209. The Kier molecular flexibility index (Phi) is 5.22. The predicted octanol–water partition coefficient (Wildman–Crippen LogP) is -1.87. The number of carboxylic acid groups (broad SMARTS) is 2. The first-order valence-corrected chi connectivity index (χ1v) is 6.17. The van der Waals surface area contributed by atoms with Gasteiger partial charge in [0, 0.05) is 26.7 Å². The third kappa shape index (κ3) is 3.81. The van der Waals surface area contributed by atoms with Gasteiger partial charge in [-0.3, -0.25) is 19.0 Å². The molecule has 0 saturated carbocycles. The summed E-state index contributed by atoms with van der Waals surface area (Å²) in [4.78, 5) is 56.8. The van der Waals surface area contributed by atoms with Gasteiger partial charge in [-0.05, 0) is 6.42 Å². The van der Waals surface area contributed by atoms with Crippen molar-refractivity contribution in [1.29, 1.82) is 0 Å². The fraction of sp³-hybridized carbons (Fsp3) is 0.417. The minimum Gasteiger partial charge on any atom is -0.481 e. The molecule has 0 aromatic carbocycles. The molecule has 0 aliphatic carbocycles. The zero-order valence-electron chi connectivity index (χ0n) is 11.9. The molecule has 0 bridgehead atoms. The molecule has 0 spiro atoms. The van der Waals surface area contributed by atoms with Crippen LogP contribution in [0.15, 0.2) is 15.8 Å². The van der Waals surface area contributed by atoms with Crippen LogP contribution in [-0.4, -0.2) is 43.2 Å². The lowest BCUT2D eigenvalue weighted by atomic mass is 10.1. The average Bonchev–Trinajstić information content (AvgIpc) is 2.44. The molecule has 1 aromatic heterocycles. The van der Waals surface area contributed by atoms with Gasteiger partial charge in [-0.25, -0.2) is 9.59 Å². The number of hydrogen-bond donors (Lipinski definition) is 3. The van der Waals surface area contributed by atoms with E-state index in [1.807, 2.05) is 0 Å². The maximum absolute atomic E-state index is 12.0. The average molecular weight is 313 g/mol. The molecular formula is C12H15N3O7. The van der Waals surface area contributed by atoms with Crippen LogP contribution < -0.4 is 16.6 Å². The molecule has 120 valence electrons. The van der Waals surface area contributed by atoms with Crippen LogP contribution in [0.25, 0.3) is 0 Å². The van der Waals surface area contributed by atoms with Gasteiger partial charge in [0.05, 0.1) is 0 Å². The number of carboxylic acids is 2. The largest absolute Gasteiger partial charge is 0.481 e. The minimum atomic E-state index is -1.45.